The zero-order chi connectivity index (χ0) is 15.2. The van der Waals surface area contributed by atoms with Crippen molar-refractivity contribution in [3.05, 3.63) is 47.8 Å². The summed E-state index contributed by atoms with van der Waals surface area (Å²) < 4.78 is 0. The van der Waals surface area contributed by atoms with E-state index in [1.807, 2.05) is 37.4 Å². The first kappa shape index (κ1) is 15.1. The predicted molar refractivity (Wildman–Crippen MR) is 84.7 cm³/mol. The fourth-order valence-corrected chi connectivity index (χ4v) is 1.99. The average Bonchev–Trinajstić information content (AvgIpc) is 2.98. The van der Waals surface area contributed by atoms with Gasteiger partial charge in [0.2, 0.25) is 0 Å². The number of aromatic nitrogens is 2. The van der Waals surface area contributed by atoms with Gasteiger partial charge in [0.25, 0.3) is 5.91 Å². The molecule has 0 aliphatic carbocycles. The Morgan fingerprint density at radius 3 is 2.67 bits per heavy atom. The number of rotatable bonds is 6. The number of para-hydroxylation sites is 1. The molecule has 0 radical (unpaired) electrons. The van der Waals surface area contributed by atoms with E-state index in [-0.39, 0.29) is 5.91 Å². The summed E-state index contributed by atoms with van der Waals surface area (Å²) in [5.41, 5.74) is 2.55. The van der Waals surface area contributed by atoms with Crippen LogP contribution in [0.2, 0.25) is 0 Å². The molecule has 1 aromatic heterocycles. The largest absolute Gasteiger partial charge is 0.373 e. The molecule has 0 atom stereocenters. The van der Waals surface area contributed by atoms with Gasteiger partial charge >= 0.3 is 0 Å². The molecule has 0 saturated carbocycles. The number of carbonyl (C=O) groups is 1. The molecule has 0 bridgehead atoms. The first-order valence-electron chi connectivity index (χ1n) is 7.17. The maximum absolute atomic E-state index is 12.0. The van der Waals surface area contributed by atoms with Crippen LogP contribution in [0.15, 0.2) is 36.4 Å². The molecule has 0 unspecified atom stereocenters. The molecule has 1 aromatic carbocycles. The summed E-state index contributed by atoms with van der Waals surface area (Å²) in [6.45, 7) is 5.44. The number of amides is 1. The zero-order valence-electron chi connectivity index (χ0n) is 12.8. The molecule has 2 N–H and O–H groups in total. The molecular weight excluding hydrogens is 264 g/mol. The summed E-state index contributed by atoms with van der Waals surface area (Å²) in [7, 11) is 2.01. The van der Waals surface area contributed by atoms with E-state index in [1.54, 1.807) is 6.07 Å². The Balaban J connectivity index is 1.81. The van der Waals surface area contributed by atoms with E-state index in [1.165, 1.54) is 0 Å². The second-order valence-corrected chi connectivity index (χ2v) is 5.38. The monoisotopic (exact) mass is 286 g/mol. The highest BCUT2D eigenvalue weighted by Gasteiger charge is 2.11. The summed E-state index contributed by atoms with van der Waals surface area (Å²) in [6, 6.07) is 11.9. The Kier molecular flexibility index (Phi) is 4.98. The minimum Gasteiger partial charge on any atom is -0.373 e. The number of likely N-dealkylation sites (N-methyl/N-ethyl adjacent to an activating group) is 1. The van der Waals surface area contributed by atoms with Crippen molar-refractivity contribution >= 4 is 11.6 Å². The van der Waals surface area contributed by atoms with Gasteiger partial charge in [-0.3, -0.25) is 9.89 Å². The Bertz CT molecular complexity index is 577. The summed E-state index contributed by atoms with van der Waals surface area (Å²) >= 11 is 0. The maximum atomic E-state index is 12.0. The van der Waals surface area contributed by atoms with Crippen molar-refractivity contribution in [2.75, 3.05) is 25.0 Å². The molecule has 0 saturated heterocycles. The Morgan fingerprint density at radius 1 is 1.33 bits per heavy atom. The average molecular weight is 286 g/mol. The number of hydrogen-bond donors (Lipinski definition) is 2. The number of benzene rings is 1. The second kappa shape index (κ2) is 6.92. The number of H-pyrrole nitrogens is 1. The molecular formula is C16H22N4O. The summed E-state index contributed by atoms with van der Waals surface area (Å²) in [4.78, 5) is 14.1. The predicted octanol–water partition coefficient (Wildman–Crippen LogP) is 2.40. The smallest absolute Gasteiger partial charge is 0.271 e. The lowest BCUT2D eigenvalue weighted by Gasteiger charge is -2.19. The number of nitrogens with zero attached hydrogens (tertiary/aromatic N) is 2. The second-order valence-electron chi connectivity index (χ2n) is 5.38. The third-order valence-electron chi connectivity index (χ3n) is 3.38. The van der Waals surface area contributed by atoms with Crippen LogP contribution in [-0.2, 0) is 0 Å². The molecule has 5 nitrogen and oxygen atoms in total. The van der Waals surface area contributed by atoms with Crippen LogP contribution in [0.3, 0.4) is 0 Å². The number of carbonyl (C=O) groups excluding carboxylic acids is 1. The minimum atomic E-state index is -0.139. The summed E-state index contributed by atoms with van der Waals surface area (Å²) in [5, 5.41) is 9.82. The van der Waals surface area contributed by atoms with Crippen LogP contribution in [-0.4, -0.2) is 36.2 Å². The SMILES string of the molecule is CC(C)c1cc(C(=O)NCCN(C)c2ccccc2)n[nH]1. The van der Waals surface area contributed by atoms with Gasteiger partial charge in [-0.05, 0) is 24.1 Å². The molecule has 2 rings (SSSR count). The van der Waals surface area contributed by atoms with Crippen molar-refractivity contribution in [2.45, 2.75) is 19.8 Å². The Labute approximate surface area is 125 Å². The number of hydrogen-bond acceptors (Lipinski definition) is 3. The third-order valence-corrected chi connectivity index (χ3v) is 3.38. The molecule has 1 heterocycles. The third kappa shape index (κ3) is 4.08. The van der Waals surface area contributed by atoms with Gasteiger partial charge in [0.05, 0.1) is 0 Å². The van der Waals surface area contributed by atoms with E-state index in [0.717, 1.165) is 17.9 Å². The first-order chi connectivity index (χ1) is 10.1. The highest BCUT2D eigenvalue weighted by Crippen LogP contribution is 2.12. The van der Waals surface area contributed by atoms with Crippen LogP contribution >= 0.6 is 0 Å². The van der Waals surface area contributed by atoms with Crippen LogP contribution < -0.4 is 10.2 Å². The van der Waals surface area contributed by atoms with E-state index in [9.17, 15) is 4.79 Å². The lowest BCUT2D eigenvalue weighted by atomic mass is 10.1. The van der Waals surface area contributed by atoms with Gasteiger partial charge in [0.15, 0.2) is 0 Å². The van der Waals surface area contributed by atoms with Gasteiger partial charge in [-0.15, -0.1) is 0 Å². The van der Waals surface area contributed by atoms with Crippen LogP contribution in [0, 0.1) is 0 Å². The first-order valence-corrected chi connectivity index (χ1v) is 7.17. The van der Waals surface area contributed by atoms with E-state index in [0.29, 0.717) is 18.2 Å². The van der Waals surface area contributed by atoms with Gasteiger partial charge < -0.3 is 10.2 Å². The van der Waals surface area contributed by atoms with Crippen LogP contribution in [0.25, 0.3) is 0 Å². The van der Waals surface area contributed by atoms with Crippen molar-refractivity contribution in [1.82, 2.24) is 15.5 Å². The molecule has 21 heavy (non-hydrogen) atoms. The molecule has 0 spiro atoms. The van der Waals surface area contributed by atoms with Crippen molar-refractivity contribution in [3.63, 3.8) is 0 Å². The fourth-order valence-electron chi connectivity index (χ4n) is 1.99. The normalized spacial score (nSPS) is 10.7. The Morgan fingerprint density at radius 2 is 2.05 bits per heavy atom. The molecule has 0 aliphatic rings. The van der Waals surface area contributed by atoms with Crippen LogP contribution in [0.1, 0.15) is 35.9 Å². The van der Waals surface area contributed by atoms with Crippen molar-refractivity contribution in [1.29, 1.82) is 0 Å². The molecule has 5 heteroatoms. The topological polar surface area (TPSA) is 61.0 Å². The quantitative estimate of drug-likeness (QED) is 0.857. The fraction of sp³-hybridized carbons (Fsp3) is 0.375. The maximum Gasteiger partial charge on any atom is 0.271 e. The van der Waals surface area contributed by atoms with Gasteiger partial charge in [0.1, 0.15) is 5.69 Å². The van der Waals surface area contributed by atoms with E-state index < -0.39 is 0 Å². The van der Waals surface area contributed by atoms with Gasteiger partial charge in [-0.1, -0.05) is 32.0 Å². The number of nitrogens with one attached hydrogen (secondary N) is 2. The van der Waals surface area contributed by atoms with E-state index >= 15 is 0 Å². The Hall–Kier alpha value is -2.30. The van der Waals surface area contributed by atoms with E-state index in [4.69, 9.17) is 0 Å². The molecule has 112 valence electrons. The van der Waals surface area contributed by atoms with Crippen molar-refractivity contribution in [3.8, 4) is 0 Å². The molecule has 2 aromatic rings. The van der Waals surface area contributed by atoms with Crippen molar-refractivity contribution < 1.29 is 4.79 Å². The van der Waals surface area contributed by atoms with E-state index in [2.05, 4.69) is 34.3 Å². The van der Waals surface area contributed by atoms with Gasteiger partial charge in [-0.2, -0.15) is 5.10 Å². The highest BCUT2D eigenvalue weighted by molar-refractivity contribution is 5.92. The summed E-state index contributed by atoms with van der Waals surface area (Å²) in [6.07, 6.45) is 0. The van der Waals surface area contributed by atoms with Crippen LogP contribution in [0.5, 0.6) is 0 Å². The molecule has 0 aliphatic heterocycles. The lowest BCUT2D eigenvalue weighted by molar-refractivity contribution is 0.0949. The highest BCUT2D eigenvalue weighted by atomic mass is 16.1. The summed E-state index contributed by atoms with van der Waals surface area (Å²) in [5.74, 6) is 0.197. The lowest BCUT2D eigenvalue weighted by Crippen LogP contribution is -2.33. The standard InChI is InChI=1S/C16H22N4O/c1-12(2)14-11-15(19-18-14)16(21)17-9-10-20(3)13-7-5-4-6-8-13/h4-8,11-12H,9-10H2,1-3H3,(H,17,21)(H,18,19). The van der Waals surface area contributed by atoms with Gasteiger partial charge in [-0.25, -0.2) is 0 Å². The van der Waals surface area contributed by atoms with Crippen molar-refractivity contribution in [2.24, 2.45) is 0 Å². The number of anilines is 1. The molecule has 0 fully saturated rings. The zero-order valence-corrected chi connectivity index (χ0v) is 12.8. The van der Waals surface area contributed by atoms with Gasteiger partial charge in [0, 0.05) is 31.5 Å². The molecule has 1 amide bonds. The van der Waals surface area contributed by atoms with Crippen LogP contribution in [0.4, 0.5) is 5.69 Å². The minimum absolute atomic E-state index is 0.139. The number of aromatic amines is 1.